The van der Waals surface area contributed by atoms with Crippen molar-refractivity contribution in [2.24, 2.45) is 0 Å². The summed E-state index contributed by atoms with van der Waals surface area (Å²) in [6.45, 7) is 2.12. The number of rotatable bonds is 7. The number of aromatic hydroxyl groups is 1. The van der Waals surface area contributed by atoms with Crippen LogP contribution in [0.3, 0.4) is 0 Å². The van der Waals surface area contributed by atoms with Gasteiger partial charge in [-0.05, 0) is 55.0 Å². The van der Waals surface area contributed by atoms with Crippen molar-refractivity contribution in [2.75, 3.05) is 13.7 Å². The van der Waals surface area contributed by atoms with Gasteiger partial charge in [0.1, 0.15) is 17.3 Å². The first kappa shape index (κ1) is 23.3. The highest BCUT2D eigenvalue weighted by Crippen LogP contribution is 2.43. The van der Waals surface area contributed by atoms with Gasteiger partial charge in [0.05, 0.1) is 43.2 Å². The molecule has 2 N–H and O–H groups in total. The SMILES string of the molecule is CCOc1cc(/C(O)=C2/C(=O)C(=O)N(Cc3ccco3)C2c2ccc(OC)c(O)c2)ccc1Cl. The number of aliphatic hydroxyl groups excluding tert-OH is 1. The number of nitrogens with zero attached hydrogens (tertiary/aromatic N) is 1. The molecule has 1 aromatic heterocycles. The average molecular weight is 484 g/mol. The molecule has 8 nitrogen and oxygen atoms in total. The molecule has 1 unspecified atom stereocenters. The molecule has 1 saturated heterocycles. The number of ether oxygens (including phenoxy) is 2. The van der Waals surface area contributed by atoms with Crippen molar-refractivity contribution < 1.29 is 33.7 Å². The van der Waals surface area contributed by atoms with Crippen LogP contribution in [0, 0.1) is 0 Å². The Hall–Kier alpha value is -3.91. The molecule has 1 aliphatic heterocycles. The number of hydrogen-bond acceptors (Lipinski definition) is 7. The van der Waals surface area contributed by atoms with E-state index in [4.69, 9.17) is 25.5 Å². The summed E-state index contributed by atoms with van der Waals surface area (Å²) in [7, 11) is 1.41. The van der Waals surface area contributed by atoms with Crippen molar-refractivity contribution in [3.63, 3.8) is 0 Å². The molecule has 9 heteroatoms. The summed E-state index contributed by atoms with van der Waals surface area (Å²) in [6.07, 6.45) is 1.46. The van der Waals surface area contributed by atoms with Crippen molar-refractivity contribution in [1.29, 1.82) is 0 Å². The van der Waals surface area contributed by atoms with Gasteiger partial charge in [0.2, 0.25) is 0 Å². The number of furan rings is 1. The lowest BCUT2D eigenvalue weighted by atomic mass is 9.95. The second-order valence-electron chi connectivity index (χ2n) is 7.52. The molecule has 0 bridgehead atoms. The third-order valence-electron chi connectivity index (χ3n) is 5.47. The van der Waals surface area contributed by atoms with Gasteiger partial charge in [-0.3, -0.25) is 9.59 Å². The monoisotopic (exact) mass is 483 g/mol. The van der Waals surface area contributed by atoms with Gasteiger partial charge in [-0.15, -0.1) is 0 Å². The van der Waals surface area contributed by atoms with Crippen LogP contribution in [0.5, 0.6) is 17.2 Å². The largest absolute Gasteiger partial charge is 0.507 e. The number of halogens is 1. The Kier molecular flexibility index (Phi) is 6.51. The third kappa shape index (κ3) is 4.20. The lowest BCUT2D eigenvalue weighted by Crippen LogP contribution is -2.29. The highest BCUT2D eigenvalue weighted by Gasteiger charge is 2.46. The zero-order valence-electron chi connectivity index (χ0n) is 18.4. The van der Waals surface area contributed by atoms with Crippen molar-refractivity contribution in [3.8, 4) is 17.2 Å². The maximum Gasteiger partial charge on any atom is 0.296 e. The van der Waals surface area contributed by atoms with Crippen molar-refractivity contribution in [3.05, 3.63) is 82.3 Å². The fraction of sp³-hybridized carbons (Fsp3) is 0.200. The van der Waals surface area contributed by atoms with Gasteiger partial charge in [0, 0.05) is 5.56 Å². The number of amides is 1. The molecular weight excluding hydrogens is 462 g/mol. The molecule has 1 aliphatic rings. The summed E-state index contributed by atoms with van der Waals surface area (Å²) >= 11 is 6.16. The Morgan fingerprint density at radius 2 is 1.94 bits per heavy atom. The second kappa shape index (κ2) is 9.52. The molecule has 4 rings (SSSR count). The first-order chi connectivity index (χ1) is 16.3. The van der Waals surface area contributed by atoms with Crippen LogP contribution in [-0.2, 0) is 16.1 Å². The van der Waals surface area contributed by atoms with E-state index in [1.165, 1.54) is 48.6 Å². The predicted molar refractivity (Wildman–Crippen MR) is 124 cm³/mol. The van der Waals surface area contributed by atoms with Crippen LogP contribution in [0.2, 0.25) is 5.02 Å². The number of carbonyl (C=O) groups excluding carboxylic acids is 2. The number of likely N-dealkylation sites (tertiary alicyclic amines) is 1. The second-order valence-corrected chi connectivity index (χ2v) is 7.92. The molecule has 1 fully saturated rings. The smallest absolute Gasteiger partial charge is 0.296 e. The number of ketones is 1. The van der Waals surface area contributed by atoms with Crippen LogP contribution in [0.25, 0.3) is 5.76 Å². The number of hydrogen-bond donors (Lipinski definition) is 2. The molecule has 2 aromatic carbocycles. The highest BCUT2D eigenvalue weighted by atomic mass is 35.5. The van der Waals surface area contributed by atoms with E-state index in [-0.39, 0.29) is 29.2 Å². The lowest BCUT2D eigenvalue weighted by molar-refractivity contribution is -0.140. The van der Waals surface area contributed by atoms with Crippen LogP contribution in [-0.4, -0.2) is 40.5 Å². The van der Waals surface area contributed by atoms with Gasteiger partial charge in [-0.2, -0.15) is 0 Å². The summed E-state index contributed by atoms with van der Waals surface area (Å²) in [6, 6.07) is 11.5. The number of Topliss-reactive ketones (excluding diaryl/α,β-unsaturated/α-hetero) is 1. The van der Waals surface area contributed by atoms with Crippen LogP contribution in [0.15, 0.2) is 64.8 Å². The normalized spacial score (nSPS) is 17.3. The number of benzene rings is 2. The quantitative estimate of drug-likeness (QED) is 0.285. The van der Waals surface area contributed by atoms with Crippen LogP contribution in [0.1, 0.15) is 29.9 Å². The van der Waals surface area contributed by atoms with Gasteiger partial charge in [-0.1, -0.05) is 17.7 Å². The molecule has 1 amide bonds. The Labute approximate surface area is 200 Å². The summed E-state index contributed by atoms with van der Waals surface area (Å²) < 4.78 is 16.0. The van der Waals surface area contributed by atoms with Gasteiger partial charge in [-0.25, -0.2) is 0 Å². The number of carbonyl (C=O) groups is 2. The minimum atomic E-state index is -0.992. The Bertz CT molecular complexity index is 1270. The van der Waals surface area contributed by atoms with Crippen LogP contribution in [0.4, 0.5) is 0 Å². The van der Waals surface area contributed by atoms with E-state index in [1.807, 2.05) is 0 Å². The van der Waals surface area contributed by atoms with E-state index in [2.05, 4.69) is 0 Å². The van der Waals surface area contributed by atoms with E-state index in [9.17, 15) is 19.8 Å². The first-order valence-corrected chi connectivity index (χ1v) is 10.8. The molecule has 0 aliphatic carbocycles. The number of phenols is 1. The first-order valence-electron chi connectivity index (χ1n) is 10.5. The molecule has 176 valence electrons. The maximum atomic E-state index is 13.1. The summed E-state index contributed by atoms with van der Waals surface area (Å²) in [5, 5.41) is 21.9. The van der Waals surface area contributed by atoms with E-state index in [0.29, 0.717) is 28.7 Å². The molecule has 0 radical (unpaired) electrons. The van der Waals surface area contributed by atoms with Crippen molar-refractivity contribution >= 4 is 29.1 Å². The van der Waals surface area contributed by atoms with E-state index in [1.54, 1.807) is 25.1 Å². The molecule has 0 saturated carbocycles. The van der Waals surface area contributed by atoms with E-state index in [0.717, 1.165) is 0 Å². The lowest BCUT2D eigenvalue weighted by Gasteiger charge is -2.25. The van der Waals surface area contributed by atoms with Crippen molar-refractivity contribution in [2.45, 2.75) is 19.5 Å². The highest BCUT2D eigenvalue weighted by molar-refractivity contribution is 6.46. The summed E-state index contributed by atoms with van der Waals surface area (Å²) in [4.78, 5) is 27.5. The molecular formula is C25H22ClNO7. The number of aliphatic hydroxyl groups is 1. The molecule has 0 spiro atoms. The molecule has 3 aromatic rings. The van der Waals surface area contributed by atoms with Crippen LogP contribution >= 0.6 is 11.6 Å². The topological polar surface area (TPSA) is 109 Å². The minimum Gasteiger partial charge on any atom is -0.507 e. The Balaban J connectivity index is 1.88. The minimum absolute atomic E-state index is 0.0172. The Morgan fingerprint density at radius 1 is 1.15 bits per heavy atom. The molecule has 2 heterocycles. The van der Waals surface area contributed by atoms with E-state index < -0.39 is 23.5 Å². The number of methoxy groups -OCH3 is 1. The van der Waals surface area contributed by atoms with Crippen molar-refractivity contribution in [1.82, 2.24) is 4.90 Å². The van der Waals surface area contributed by atoms with Crippen LogP contribution < -0.4 is 9.47 Å². The summed E-state index contributed by atoms with van der Waals surface area (Å²) in [5.74, 6) is -1.22. The maximum absolute atomic E-state index is 13.1. The fourth-order valence-electron chi connectivity index (χ4n) is 3.91. The van der Waals surface area contributed by atoms with Gasteiger partial charge in [0.15, 0.2) is 11.5 Å². The predicted octanol–water partition coefficient (Wildman–Crippen LogP) is 4.67. The zero-order valence-corrected chi connectivity index (χ0v) is 19.2. The number of phenolic OH excluding ortho intramolecular Hbond substituents is 1. The summed E-state index contributed by atoms with van der Waals surface area (Å²) in [5.41, 5.74) is 0.530. The van der Waals surface area contributed by atoms with Gasteiger partial charge in [0.25, 0.3) is 11.7 Å². The Morgan fingerprint density at radius 3 is 2.59 bits per heavy atom. The molecule has 34 heavy (non-hydrogen) atoms. The van der Waals surface area contributed by atoms with Gasteiger partial charge >= 0.3 is 0 Å². The van der Waals surface area contributed by atoms with Gasteiger partial charge < -0.3 is 29.0 Å². The third-order valence-corrected chi connectivity index (χ3v) is 5.78. The zero-order chi connectivity index (χ0) is 24.4. The van der Waals surface area contributed by atoms with E-state index >= 15 is 0 Å². The molecule has 1 atom stereocenters. The standard InChI is InChI=1S/C25H22ClNO7/c1-3-33-20-12-15(6-8-17(20)26)23(29)21-22(14-7-9-19(32-2)18(28)11-14)27(25(31)24(21)30)13-16-5-4-10-34-16/h4-12,22,28-29H,3,13H2,1-2H3/b23-21-. The average Bonchev–Trinajstić information content (AvgIpc) is 3.42. The fourth-order valence-corrected chi connectivity index (χ4v) is 4.08.